The summed E-state index contributed by atoms with van der Waals surface area (Å²) in [5.74, 6) is 0.286. The number of ether oxygens (including phenoxy) is 2. The lowest BCUT2D eigenvalue weighted by Crippen LogP contribution is -2.58. The van der Waals surface area contributed by atoms with Crippen LogP contribution in [-0.4, -0.2) is 75.1 Å². The van der Waals surface area contributed by atoms with Gasteiger partial charge in [0, 0.05) is 19.0 Å². The van der Waals surface area contributed by atoms with Crippen LogP contribution >= 0.6 is 11.3 Å². The monoisotopic (exact) mass is 663 g/mol. The third-order valence-electron chi connectivity index (χ3n) is 8.76. The SMILES string of the molecule is Cc1ncsc1-c1ccc([C@H](C)NC(=O)[C@@H]2C[C@@H](O)CN2C(=O)[C@@H](NC(=O)COc2ccc(O[C@H]3C[C@@H](C)C3)nc2)C(C)(C)C)cc1. The van der Waals surface area contributed by atoms with Crippen LogP contribution in [0, 0.1) is 18.3 Å². The molecule has 47 heavy (non-hydrogen) atoms. The van der Waals surface area contributed by atoms with Crippen molar-refractivity contribution in [2.24, 2.45) is 11.3 Å². The van der Waals surface area contributed by atoms with Crippen LogP contribution in [0.25, 0.3) is 10.4 Å². The summed E-state index contributed by atoms with van der Waals surface area (Å²) in [6.45, 7) is 11.2. The molecule has 5 rings (SSSR count). The van der Waals surface area contributed by atoms with Gasteiger partial charge in [-0.3, -0.25) is 14.4 Å². The number of benzene rings is 1. The van der Waals surface area contributed by atoms with Gasteiger partial charge in [-0.25, -0.2) is 9.97 Å². The average Bonchev–Trinajstić information content (AvgIpc) is 3.63. The number of aromatic nitrogens is 2. The van der Waals surface area contributed by atoms with Gasteiger partial charge in [0.15, 0.2) is 6.61 Å². The summed E-state index contributed by atoms with van der Waals surface area (Å²) in [5.41, 5.74) is 4.06. The third kappa shape index (κ3) is 8.47. The zero-order valence-corrected chi connectivity index (χ0v) is 28.7. The number of pyridine rings is 1. The van der Waals surface area contributed by atoms with Crippen LogP contribution in [0.15, 0.2) is 48.1 Å². The van der Waals surface area contributed by atoms with Gasteiger partial charge in [0.25, 0.3) is 5.91 Å². The maximum Gasteiger partial charge on any atom is 0.258 e. The minimum atomic E-state index is -0.960. The van der Waals surface area contributed by atoms with Gasteiger partial charge in [0.05, 0.1) is 34.4 Å². The average molecular weight is 664 g/mol. The highest BCUT2D eigenvalue weighted by molar-refractivity contribution is 7.13. The fourth-order valence-corrected chi connectivity index (χ4v) is 6.80. The van der Waals surface area contributed by atoms with E-state index in [1.165, 1.54) is 11.1 Å². The number of amides is 3. The number of carbonyl (C=O) groups excluding carboxylic acids is 3. The van der Waals surface area contributed by atoms with Crippen molar-refractivity contribution >= 4 is 29.1 Å². The highest BCUT2D eigenvalue weighted by Crippen LogP contribution is 2.31. The number of likely N-dealkylation sites (tertiary alicyclic amines) is 1. The van der Waals surface area contributed by atoms with Gasteiger partial charge < -0.3 is 30.1 Å². The molecule has 1 saturated carbocycles. The number of nitrogens with one attached hydrogen (secondary N) is 2. The van der Waals surface area contributed by atoms with Crippen molar-refractivity contribution in [3.05, 3.63) is 59.4 Å². The van der Waals surface area contributed by atoms with Crippen LogP contribution in [0.4, 0.5) is 0 Å². The van der Waals surface area contributed by atoms with Crippen molar-refractivity contribution in [3.63, 3.8) is 0 Å². The van der Waals surface area contributed by atoms with Crippen LogP contribution in [0.2, 0.25) is 0 Å². The molecule has 4 atom stereocenters. The van der Waals surface area contributed by atoms with E-state index in [-0.39, 0.29) is 37.6 Å². The standard InChI is InChI=1S/C35H45N5O6S/c1-20-13-27(14-20)46-30-12-11-26(16-36-30)45-18-29(42)39-32(35(4,5)6)34(44)40-17-25(41)15-28(40)33(43)38-21(2)23-7-9-24(10-8-23)31-22(3)37-19-47-31/h7-12,16,19-21,25,27-28,32,41H,13-15,17-18H2,1-6H3,(H,38,43)(H,39,42)/t20-,21-,25+,27+,28-,32+/m0/s1. The molecule has 12 heteroatoms. The van der Waals surface area contributed by atoms with Gasteiger partial charge >= 0.3 is 0 Å². The van der Waals surface area contributed by atoms with Gasteiger partial charge in [0.2, 0.25) is 17.7 Å². The first kappa shape index (κ1) is 34.3. The Morgan fingerprint density at radius 1 is 1.06 bits per heavy atom. The molecule has 2 fully saturated rings. The van der Waals surface area contributed by atoms with E-state index in [0.29, 0.717) is 17.5 Å². The second-order valence-electron chi connectivity index (χ2n) is 13.8. The van der Waals surface area contributed by atoms with Gasteiger partial charge in [-0.15, -0.1) is 11.3 Å². The quantitative estimate of drug-likeness (QED) is 0.273. The summed E-state index contributed by atoms with van der Waals surface area (Å²) in [6, 6.07) is 9.17. The molecule has 1 aliphatic carbocycles. The Morgan fingerprint density at radius 3 is 2.38 bits per heavy atom. The summed E-state index contributed by atoms with van der Waals surface area (Å²) in [4.78, 5) is 51.5. The molecule has 0 radical (unpaired) electrons. The van der Waals surface area contributed by atoms with E-state index in [0.717, 1.165) is 34.5 Å². The molecule has 2 aromatic heterocycles. The number of aryl methyl sites for hydroxylation is 1. The summed E-state index contributed by atoms with van der Waals surface area (Å²) in [6.07, 6.45) is 2.95. The highest BCUT2D eigenvalue weighted by atomic mass is 32.1. The number of hydrogen-bond acceptors (Lipinski definition) is 9. The lowest BCUT2D eigenvalue weighted by atomic mass is 9.84. The smallest absolute Gasteiger partial charge is 0.258 e. The Kier molecular flexibility index (Phi) is 10.5. The highest BCUT2D eigenvalue weighted by Gasteiger charge is 2.44. The van der Waals surface area contributed by atoms with Gasteiger partial charge in [0.1, 0.15) is 23.9 Å². The van der Waals surface area contributed by atoms with Crippen molar-refractivity contribution in [1.29, 1.82) is 0 Å². The van der Waals surface area contributed by atoms with Crippen molar-refractivity contribution in [1.82, 2.24) is 25.5 Å². The molecule has 3 N–H and O–H groups in total. The first-order chi connectivity index (χ1) is 22.3. The third-order valence-corrected chi connectivity index (χ3v) is 9.73. The summed E-state index contributed by atoms with van der Waals surface area (Å²) in [5, 5.41) is 16.4. The molecular weight excluding hydrogens is 618 g/mol. The predicted octanol–water partition coefficient (Wildman–Crippen LogP) is 4.44. The van der Waals surface area contributed by atoms with Crippen LogP contribution in [0.3, 0.4) is 0 Å². The van der Waals surface area contributed by atoms with E-state index in [4.69, 9.17) is 9.47 Å². The Hall–Kier alpha value is -4.03. The lowest BCUT2D eigenvalue weighted by Gasteiger charge is -2.35. The molecule has 1 aliphatic heterocycles. The maximum atomic E-state index is 13.9. The molecule has 1 saturated heterocycles. The van der Waals surface area contributed by atoms with E-state index < -0.39 is 35.4 Å². The van der Waals surface area contributed by atoms with Crippen molar-refractivity contribution in [3.8, 4) is 22.1 Å². The Bertz CT molecular complexity index is 1550. The molecule has 1 aromatic carbocycles. The Morgan fingerprint density at radius 2 is 1.79 bits per heavy atom. The topological polar surface area (TPSA) is 143 Å². The number of aliphatic hydroxyl groups excluding tert-OH is 1. The van der Waals surface area contributed by atoms with Crippen LogP contribution < -0.4 is 20.1 Å². The summed E-state index contributed by atoms with van der Waals surface area (Å²) < 4.78 is 11.5. The zero-order chi connectivity index (χ0) is 33.9. The Balaban J connectivity index is 1.18. The number of aliphatic hydroxyl groups is 1. The molecule has 0 spiro atoms. The normalized spacial score (nSPS) is 22.1. The van der Waals surface area contributed by atoms with E-state index in [1.54, 1.807) is 23.5 Å². The Labute approximate surface area is 280 Å². The first-order valence-electron chi connectivity index (χ1n) is 16.1. The van der Waals surface area contributed by atoms with E-state index in [1.807, 2.05) is 64.4 Å². The molecule has 3 heterocycles. The lowest BCUT2D eigenvalue weighted by molar-refractivity contribution is -0.144. The summed E-state index contributed by atoms with van der Waals surface area (Å²) >= 11 is 1.58. The maximum absolute atomic E-state index is 13.9. The number of β-amino-alcohol motifs (C(OH)–C–C–N with tert-alkyl or cyclic N) is 1. The molecule has 252 valence electrons. The number of thiazole rings is 1. The second-order valence-corrected chi connectivity index (χ2v) is 14.7. The number of carbonyl (C=O) groups is 3. The van der Waals surface area contributed by atoms with Gasteiger partial charge in [-0.1, -0.05) is 52.0 Å². The molecule has 3 amide bonds. The molecule has 3 aromatic rings. The molecule has 0 unspecified atom stereocenters. The minimum absolute atomic E-state index is 0.00694. The fraction of sp³-hybridized carbons (Fsp3) is 0.514. The number of nitrogens with zero attached hydrogens (tertiary/aromatic N) is 3. The minimum Gasteiger partial charge on any atom is -0.482 e. The van der Waals surface area contributed by atoms with E-state index in [9.17, 15) is 19.5 Å². The predicted molar refractivity (Wildman–Crippen MR) is 179 cm³/mol. The van der Waals surface area contributed by atoms with Crippen molar-refractivity contribution in [2.45, 2.75) is 91.1 Å². The molecular formula is C35H45N5O6S. The largest absolute Gasteiger partial charge is 0.482 e. The van der Waals surface area contributed by atoms with Crippen LogP contribution in [0.1, 0.15) is 71.2 Å². The van der Waals surface area contributed by atoms with Crippen LogP contribution in [-0.2, 0) is 14.4 Å². The fourth-order valence-electron chi connectivity index (χ4n) is 5.98. The number of rotatable bonds is 11. The number of hydrogen-bond donors (Lipinski definition) is 3. The first-order valence-corrected chi connectivity index (χ1v) is 17.0. The second kappa shape index (κ2) is 14.4. The van der Waals surface area contributed by atoms with Gasteiger partial charge in [-0.2, -0.15) is 0 Å². The van der Waals surface area contributed by atoms with E-state index in [2.05, 4.69) is 27.5 Å². The molecule has 0 bridgehead atoms. The summed E-state index contributed by atoms with van der Waals surface area (Å²) in [7, 11) is 0. The zero-order valence-electron chi connectivity index (χ0n) is 27.9. The molecule has 11 nitrogen and oxygen atoms in total. The van der Waals surface area contributed by atoms with Crippen molar-refractivity contribution in [2.75, 3.05) is 13.2 Å². The van der Waals surface area contributed by atoms with Gasteiger partial charge in [-0.05, 0) is 55.2 Å². The molecule has 2 aliphatic rings. The van der Waals surface area contributed by atoms with Crippen molar-refractivity contribution < 1.29 is 29.0 Å². The van der Waals surface area contributed by atoms with E-state index >= 15 is 0 Å². The van der Waals surface area contributed by atoms with Crippen LogP contribution in [0.5, 0.6) is 11.6 Å².